The highest BCUT2D eigenvalue weighted by molar-refractivity contribution is 6.40. The molecule has 3 heterocycles. The van der Waals surface area contributed by atoms with Crippen LogP contribution in [-0.2, 0) is 4.74 Å². The van der Waals surface area contributed by atoms with Gasteiger partial charge in [-0.25, -0.2) is 0 Å². The Morgan fingerprint density at radius 1 is 1.06 bits per heavy atom. The van der Waals surface area contributed by atoms with Crippen molar-refractivity contribution in [1.82, 2.24) is 20.4 Å². The first-order chi connectivity index (χ1) is 15.0. The Morgan fingerprint density at radius 2 is 1.74 bits per heavy atom. The fraction of sp³-hybridized carbons (Fsp3) is 0.476. The quantitative estimate of drug-likeness (QED) is 0.628. The highest BCUT2D eigenvalue weighted by Gasteiger charge is 2.28. The number of halogens is 2. The fourth-order valence-electron chi connectivity index (χ4n) is 4.17. The molecule has 2 aromatic rings. The summed E-state index contributed by atoms with van der Waals surface area (Å²) in [7, 11) is 0. The Hall–Kier alpha value is -2.13. The third-order valence-corrected chi connectivity index (χ3v) is 6.51. The van der Waals surface area contributed by atoms with Gasteiger partial charge in [-0.2, -0.15) is 5.10 Å². The highest BCUT2D eigenvalue weighted by Crippen LogP contribution is 2.26. The second-order valence-corrected chi connectivity index (χ2v) is 8.65. The van der Waals surface area contributed by atoms with Gasteiger partial charge in [0.1, 0.15) is 5.69 Å². The molecule has 0 atom stereocenters. The first-order valence-corrected chi connectivity index (χ1v) is 11.2. The third kappa shape index (κ3) is 5.20. The first-order valence-electron chi connectivity index (χ1n) is 10.4. The van der Waals surface area contributed by atoms with Gasteiger partial charge in [0.15, 0.2) is 0 Å². The van der Waals surface area contributed by atoms with Crippen LogP contribution in [-0.4, -0.2) is 65.3 Å². The van der Waals surface area contributed by atoms with Gasteiger partial charge in [0.05, 0.1) is 27.5 Å². The smallest absolute Gasteiger partial charge is 0.271 e. The number of hydrogen-bond donors (Lipinski definition) is 3. The molecule has 2 fully saturated rings. The van der Waals surface area contributed by atoms with Gasteiger partial charge in [-0.3, -0.25) is 14.7 Å². The first kappa shape index (κ1) is 22.1. The molecule has 2 aliphatic rings. The van der Waals surface area contributed by atoms with Crippen molar-refractivity contribution in [3.05, 3.63) is 45.7 Å². The molecule has 2 aliphatic heterocycles. The average molecular weight is 466 g/mol. The summed E-state index contributed by atoms with van der Waals surface area (Å²) in [5.74, 6) is -0.807. The molecule has 0 radical (unpaired) electrons. The summed E-state index contributed by atoms with van der Waals surface area (Å²) in [6, 6.07) is 5.48. The molecular formula is C21H25Cl2N5O3. The van der Waals surface area contributed by atoms with Crippen LogP contribution in [0.5, 0.6) is 0 Å². The maximum absolute atomic E-state index is 12.8. The third-order valence-electron chi connectivity index (χ3n) is 5.88. The van der Waals surface area contributed by atoms with Crippen LogP contribution in [0.2, 0.25) is 10.0 Å². The lowest BCUT2D eigenvalue weighted by atomic mass is 9.99. The zero-order chi connectivity index (χ0) is 21.8. The molecule has 0 aliphatic carbocycles. The molecular weight excluding hydrogens is 441 g/mol. The van der Waals surface area contributed by atoms with Crippen LogP contribution in [0.3, 0.4) is 0 Å². The van der Waals surface area contributed by atoms with E-state index in [2.05, 4.69) is 25.7 Å². The van der Waals surface area contributed by atoms with Crippen LogP contribution >= 0.6 is 23.2 Å². The van der Waals surface area contributed by atoms with Gasteiger partial charge >= 0.3 is 0 Å². The van der Waals surface area contributed by atoms with Gasteiger partial charge < -0.3 is 20.3 Å². The number of H-pyrrole nitrogens is 1. The van der Waals surface area contributed by atoms with Crippen molar-refractivity contribution in [2.24, 2.45) is 0 Å². The van der Waals surface area contributed by atoms with Gasteiger partial charge in [0.2, 0.25) is 0 Å². The van der Waals surface area contributed by atoms with Crippen molar-refractivity contribution in [1.29, 1.82) is 0 Å². The van der Waals surface area contributed by atoms with E-state index >= 15 is 0 Å². The number of carbonyl (C=O) groups is 2. The van der Waals surface area contributed by atoms with E-state index in [1.54, 1.807) is 18.2 Å². The number of nitrogens with one attached hydrogen (secondary N) is 3. The lowest BCUT2D eigenvalue weighted by Crippen LogP contribution is -2.49. The van der Waals surface area contributed by atoms with E-state index in [1.165, 1.54) is 6.20 Å². The number of ether oxygens (including phenoxy) is 1. The molecule has 0 unspecified atom stereocenters. The number of anilines is 1. The number of likely N-dealkylation sites (tertiary alicyclic amines) is 1. The second kappa shape index (κ2) is 9.99. The summed E-state index contributed by atoms with van der Waals surface area (Å²) in [4.78, 5) is 28.0. The van der Waals surface area contributed by atoms with Crippen molar-refractivity contribution >= 4 is 40.7 Å². The Morgan fingerprint density at radius 3 is 2.42 bits per heavy atom. The molecule has 166 valence electrons. The summed E-state index contributed by atoms with van der Waals surface area (Å²) in [6.07, 6.45) is 5.31. The Bertz CT molecular complexity index is 917. The summed E-state index contributed by atoms with van der Waals surface area (Å²) in [6.45, 7) is 3.56. The lowest BCUT2D eigenvalue weighted by Gasteiger charge is -2.39. The van der Waals surface area contributed by atoms with Crippen LogP contribution in [0.4, 0.5) is 5.69 Å². The zero-order valence-corrected chi connectivity index (χ0v) is 18.5. The van der Waals surface area contributed by atoms with Crippen LogP contribution in [0.1, 0.15) is 46.5 Å². The number of hydrogen-bond acceptors (Lipinski definition) is 5. The molecule has 2 amide bonds. The molecule has 8 nitrogen and oxygen atoms in total. The molecule has 1 aromatic carbocycles. The minimum Gasteiger partial charge on any atom is -0.381 e. The van der Waals surface area contributed by atoms with Crippen molar-refractivity contribution < 1.29 is 14.3 Å². The molecule has 2 saturated heterocycles. The Kier molecular flexibility index (Phi) is 7.12. The summed E-state index contributed by atoms with van der Waals surface area (Å²) in [5, 5.41) is 12.8. The van der Waals surface area contributed by atoms with E-state index in [0.29, 0.717) is 6.04 Å². The topological polar surface area (TPSA) is 99.3 Å². The molecule has 31 heavy (non-hydrogen) atoms. The summed E-state index contributed by atoms with van der Waals surface area (Å²) in [5.41, 5.74) is 0.625. The Balaban J connectivity index is 1.34. The fourth-order valence-corrected chi connectivity index (χ4v) is 4.74. The number of carbonyl (C=O) groups excluding carboxylic acids is 2. The molecule has 0 spiro atoms. The lowest BCUT2D eigenvalue weighted by molar-refractivity contribution is 0.0238. The molecule has 0 bridgehead atoms. The van der Waals surface area contributed by atoms with Crippen molar-refractivity contribution in [3.8, 4) is 0 Å². The van der Waals surface area contributed by atoms with E-state index in [1.807, 2.05) is 0 Å². The molecule has 4 rings (SSSR count). The maximum atomic E-state index is 12.8. The van der Waals surface area contributed by atoms with Crippen LogP contribution < -0.4 is 10.6 Å². The SMILES string of the molecule is O=C(NC1CCN(C2CCOCC2)CC1)c1[nH]ncc1NC(=O)c1c(Cl)cccc1Cl. The zero-order valence-electron chi connectivity index (χ0n) is 17.0. The van der Waals surface area contributed by atoms with E-state index in [-0.39, 0.29) is 38.9 Å². The number of aromatic amines is 1. The van der Waals surface area contributed by atoms with Crippen LogP contribution in [0.15, 0.2) is 24.4 Å². The van der Waals surface area contributed by atoms with Gasteiger partial charge in [0.25, 0.3) is 11.8 Å². The number of nitrogens with zero attached hydrogens (tertiary/aromatic N) is 2. The highest BCUT2D eigenvalue weighted by atomic mass is 35.5. The molecule has 3 N–H and O–H groups in total. The van der Waals surface area contributed by atoms with Gasteiger partial charge in [-0.15, -0.1) is 0 Å². The molecule has 10 heteroatoms. The predicted molar refractivity (Wildman–Crippen MR) is 119 cm³/mol. The standard InChI is InChI=1S/C21H25Cl2N5O3/c22-15-2-1-3-16(23)18(15)20(29)26-17-12-24-27-19(17)21(30)25-13-4-8-28(9-5-13)14-6-10-31-11-7-14/h1-3,12-14H,4-11H2,(H,24,27)(H,25,30)(H,26,29). The average Bonchev–Trinajstić information content (AvgIpc) is 3.23. The Labute approximate surface area is 190 Å². The summed E-state index contributed by atoms with van der Waals surface area (Å²) >= 11 is 12.2. The number of amides is 2. The van der Waals surface area contributed by atoms with Crippen molar-refractivity contribution in [2.45, 2.75) is 37.8 Å². The second-order valence-electron chi connectivity index (χ2n) is 7.84. The molecule has 1 aromatic heterocycles. The summed E-state index contributed by atoms with van der Waals surface area (Å²) < 4.78 is 5.45. The van der Waals surface area contributed by atoms with Crippen molar-refractivity contribution in [2.75, 3.05) is 31.6 Å². The van der Waals surface area contributed by atoms with Gasteiger partial charge in [-0.1, -0.05) is 29.3 Å². The molecule has 0 saturated carbocycles. The monoisotopic (exact) mass is 465 g/mol. The number of rotatable bonds is 5. The number of aromatic nitrogens is 2. The minimum absolute atomic E-state index is 0.0773. The number of piperidine rings is 1. The predicted octanol–water partition coefficient (Wildman–Crippen LogP) is 3.34. The number of benzene rings is 1. The van der Waals surface area contributed by atoms with E-state index < -0.39 is 5.91 Å². The largest absolute Gasteiger partial charge is 0.381 e. The van der Waals surface area contributed by atoms with E-state index in [9.17, 15) is 9.59 Å². The van der Waals surface area contributed by atoms with Gasteiger partial charge in [0, 0.05) is 38.4 Å². The maximum Gasteiger partial charge on any atom is 0.271 e. The van der Waals surface area contributed by atoms with Crippen LogP contribution in [0, 0.1) is 0 Å². The minimum atomic E-state index is -0.504. The van der Waals surface area contributed by atoms with E-state index in [4.69, 9.17) is 27.9 Å². The van der Waals surface area contributed by atoms with E-state index in [0.717, 1.165) is 52.0 Å². The van der Waals surface area contributed by atoms with Crippen molar-refractivity contribution in [3.63, 3.8) is 0 Å². The normalized spacial score (nSPS) is 18.6. The van der Waals surface area contributed by atoms with Crippen LogP contribution in [0.25, 0.3) is 0 Å². The van der Waals surface area contributed by atoms with Gasteiger partial charge in [-0.05, 0) is 37.8 Å².